The average Bonchev–Trinajstić information content (AvgIpc) is 2.46. The lowest BCUT2D eigenvalue weighted by Crippen LogP contribution is -2.58. The topological polar surface area (TPSA) is 59.1 Å². The van der Waals surface area contributed by atoms with Crippen LogP contribution >= 0.6 is 15.9 Å². The lowest BCUT2D eigenvalue weighted by atomic mass is 9.64. The van der Waals surface area contributed by atoms with Crippen LogP contribution in [0.1, 0.15) is 40.5 Å². The van der Waals surface area contributed by atoms with E-state index in [2.05, 4.69) is 57.3 Å². The third-order valence-corrected chi connectivity index (χ3v) is 4.71. The molecule has 6 heteroatoms. The van der Waals surface area contributed by atoms with Gasteiger partial charge in [-0.3, -0.25) is 0 Å². The predicted molar refractivity (Wildman–Crippen MR) is 89.7 cm³/mol. The van der Waals surface area contributed by atoms with Gasteiger partial charge in [0.15, 0.2) is 0 Å². The summed E-state index contributed by atoms with van der Waals surface area (Å²) in [6, 6.07) is 0.360. The highest BCUT2D eigenvalue weighted by Crippen LogP contribution is 2.44. The molecular weight excluding hydrogens is 332 g/mol. The zero-order valence-electron chi connectivity index (χ0n) is 13.2. The van der Waals surface area contributed by atoms with Gasteiger partial charge in [-0.2, -0.15) is 4.98 Å². The summed E-state index contributed by atoms with van der Waals surface area (Å²) in [4.78, 5) is 8.82. The van der Waals surface area contributed by atoms with E-state index in [4.69, 9.17) is 4.74 Å². The maximum Gasteiger partial charge on any atom is 0.224 e. The van der Waals surface area contributed by atoms with Gasteiger partial charge in [-0.15, -0.1) is 0 Å². The Bertz CT molecular complexity index is 481. The van der Waals surface area contributed by atoms with E-state index >= 15 is 0 Å². The first-order chi connectivity index (χ1) is 9.98. The standard InChI is InChI=1S/C15H25BrN4O/c1-5-7-17-14-18-9-10(16)13(20-14)19-11-8-12(21-6-2)15(11,3)4/h9,11-12H,5-8H2,1-4H3,(H2,17,18,19,20). The molecule has 2 atom stereocenters. The quantitative estimate of drug-likeness (QED) is 0.780. The van der Waals surface area contributed by atoms with Crippen LogP contribution in [0.5, 0.6) is 0 Å². The zero-order chi connectivity index (χ0) is 15.5. The number of nitrogens with zero attached hydrogens (tertiary/aromatic N) is 2. The van der Waals surface area contributed by atoms with E-state index in [0.29, 0.717) is 18.1 Å². The molecule has 0 amide bonds. The maximum absolute atomic E-state index is 5.77. The fraction of sp³-hybridized carbons (Fsp3) is 0.733. The lowest BCUT2D eigenvalue weighted by molar-refractivity contribution is -0.0976. The van der Waals surface area contributed by atoms with Crippen LogP contribution in [0.3, 0.4) is 0 Å². The minimum atomic E-state index is 0.109. The molecule has 0 radical (unpaired) electrons. The summed E-state index contributed by atoms with van der Waals surface area (Å²) in [7, 11) is 0. The molecule has 1 aliphatic rings. The first-order valence-electron chi connectivity index (χ1n) is 7.63. The van der Waals surface area contributed by atoms with Crippen LogP contribution in [0.25, 0.3) is 0 Å². The normalized spacial score (nSPS) is 23.5. The first-order valence-corrected chi connectivity index (χ1v) is 8.42. The second-order valence-electron chi connectivity index (χ2n) is 6.01. The van der Waals surface area contributed by atoms with Crippen molar-refractivity contribution >= 4 is 27.7 Å². The third kappa shape index (κ3) is 3.66. The monoisotopic (exact) mass is 356 g/mol. The molecule has 1 aromatic rings. The van der Waals surface area contributed by atoms with Gasteiger partial charge in [0.25, 0.3) is 0 Å². The molecule has 0 spiro atoms. The molecule has 0 saturated heterocycles. The molecule has 2 N–H and O–H groups in total. The van der Waals surface area contributed by atoms with E-state index in [0.717, 1.165) is 36.3 Å². The van der Waals surface area contributed by atoms with Crippen molar-refractivity contribution in [2.45, 2.75) is 52.7 Å². The SMILES string of the molecule is CCCNc1ncc(Br)c(NC2CC(OCC)C2(C)C)n1. The van der Waals surface area contributed by atoms with Crippen LogP contribution in [-0.4, -0.2) is 35.3 Å². The first kappa shape index (κ1) is 16.5. The van der Waals surface area contributed by atoms with Crippen LogP contribution in [0.4, 0.5) is 11.8 Å². The van der Waals surface area contributed by atoms with Gasteiger partial charge in [0, 0.05) is 30.8 Å². The van der Waals surface area contributed by atoms with Gasteiger partial charge in [-0.1, -0.05) is 20.8 Å². The smallest absolute Gasteiger partial charge is 0.224 e. The Labute approximate surface area is 135 Å². The summed E-state index contributed by atoms with van der Waals surface area (Å²) >= 11 is 3.52. The summed E-state index contributed by atoms with van der Waals surface area (Å²) < 4.78 is 6.66. The Morgan fingerprint density at radius 1 is 1.43 bits per heavy atom. The van der Waals surface area contributed by atoms with Crippen molar-refractivity contribution in [3.63, 3.8) is 0 Å². The Hall–Kier alpha value is -0.880. The summed E-state index contributed by atoms with van der Waals surface area (Å²) in [5.74, 6) is 1.51. The maximum atomic E-state index is 5.77. The van der Waals surface area contributed by atoms with Gasteiger partial charge in [-0.25, -0.2) is 4.98 Å². The minimum Gasteiger partial charge on any atom is -0.378 e. The summed E-state index contributed by atoms with van der Waals surface area (Å²) in [6.07, 6.45) is 4.17. The van der Waals surface area contributed by atoms with E-state index in [1.165, 1.54) is 0 Å². The molecule has 1 saturated carbocycles. The highest BCUT2D eigenvalue weighted by Gasteiger charge is 2.49. The van der Waals surface area contributed by atoms with Crippen molar-refractivity contribution in [3.8, 4) is 0 Å². The molecule has 118 valence electrons. The lowest BCUT2D eigenvalue weighted by Gasteiger charge is -2.51. The fourth-order valence-corrected chi connectivity index (χ4v) is 2.88. The van der Waals surface area contributed by atoms with Crippen LogP contribution in [0.2, 0.25) is 0 Å². The number of halogens is 1. The van der Waals surface area contributed by atoms with Gasteiger partial charge in [0.2, 0.25) is 5.95 Å². The molecule has 1 heterocycles. The van der Waals surface area contributed by atoms with Crippen molar-refractivity contribution in [2.75, 3.05) is 23.8 Å². The Morgan fingerprint density at radius 3 is 2.81 bits per heavy atom. The Morgan fingerprint density at radius 2 is 2.19 bits per heavy atom. The molecule has 0 bridgehead atoms. The van der Waals surface area contributed by atoms with Crippen LogP contribution in [0, 0.1) is 5.41 Å². The van der Waals surface area contributed by atoms with Gasteiger partial charge < -0.3 is 15.4 Å². The molecule has 2 unspecified atom stereocenters. The van der Waals surface area contributed by atoms with Gasteiger partial charge >= 0.3 is 0 Å². The zero-order valence-corrected chi connectivity index (χ0v) is 14.8. The van der Waals surface area contributed by atoms with Crippen molar-refractivity contribution in [1.82, 2.24) is 9.97 Å². The number of hydrogen-bond donors (Lipinski definition) is 2. The Kier molecular flexibility index (Phi) is 5.43. The highest BCUT2D eigenvalue weighted by molar-refractivity contribution is 9.10. The van der Waals surface area contributed by atoms with Crippen LogP contribution in [-0.2, 0) is 4.74 Å². The predicted octanol–water partition coefficient (Wildman–Crippen LogP) is 3.68. The molecule has 1 fully saturated rings. The van der Waals surface area contributed by atoms with Crippen molar-refractivity contribution in [2.24, 2.45) is 5.41 Å². The highest BCUT2D eigenvalue weighted by atomic mass is 79.9. The minimum absolute atomic E-state index is 0.109. The molecule has 0 aliphatic heterocycles. The van der Waals surface area contributed by atoms with Gasteiger partial charge in [0.05, 0.1) is 10.6 Å². The number of ether oxygens (including phenoxy) is 1. The number of hydrogen-bond acceptors (Lipinski definition) is 5. The molecule has 2 rings (SSSR count). The number of anilines is 2. The number of aromatic nitrogens is 2. The van der Waals surface area contributed by atoms with E-state index in [-0.39, 0.29) is 5.41 Å². The summed E-state index contributed by atoms with van der Waals surface area (Å²) in [5.41, 5.74) is 0.109. The summed E-state index contributed by atoms with van der Waals surface area (Å²) in [5, 5.41) is 6.74. The number of nitrogens with one attached hydrogen (secondary N) is 2. The fourth-order valence-electron chi connectivity index (χ4n) is 2.57. The largest absolute Gasteiger partial charge is 0.378 e. The van der Waals surface area contributed by atoms with Crippen molar-refractivity contribution in [1.29, 1.82) is 0 Å². The molecule has 0 aromatic carbocycles. The second-order valence-corrected chi connectivity index (χ2v) is 6.87. The Balaban J connectivity index is 2.03. The number of rotatable bonds is 7. The molecule has 5 nitrogen and oxygen atoms in total. The van der Waals surface area contributed by atoms with E-state index in [1.807, 2.05) is 6.92 Å². The molecular formula is C15H25BrN4O. The molecule has 1 aromatic heterocycles. The second kappa shape index (κ2) is 6.92. The average molecular weight is 357 g/mol. The summed E-state index contributed by atoms with van der Waals surface area (Å²) in [6.45, 7) is 10.3. The van der Waals surface area contributed by atoms with E-state index in [1.54, 1.807) is 6.20 Å². The van der Waals surface area contributed by atoms with Crippen molar-refractivity contribution < 1.29 is 4.74 Å². The van der Waals surface area contributed by atoms with E-state index < -0.39 is 0 Å². The molecule has 1 aliphatic carbocycles. The van der Waals surface area contributed by atoms with Gasteiger partial charge in [-0.05, 0) is 35.7 Å². The molecule has 21 heavy (non-hydrogen) atoms. The van der Waals surface area contributed by atoms with Crippen LogP contribution < -0.4 is 10.6 Å². The van der Waals surface area contributed by atoms with Gasteiger partial charge in [0.1, 0.15) is 5.82 Å². The van der Waals surface area contributed by atoms with E-state index in [9.17, 15) is 0 Å². The third-order valence-electron chi connectivity index (χ3n) is 4.13. The van der Waals surface area contributed by atoms with Crippen LogP contribution in [0.15, 0.2) is 10.7 Å². The van der Waals surface area contributed by atoms with Crippen molar-refractivity contribution in [3.05, 3.63) is 10.7 Å².